The molecule has 0 fully saturated rings. The summed E-state index contributed by atoms with van der Waals surface area (Å²) in [5, 5.41) is 8.83. The van der Waals surface area contributed by atoms with E-state index >= 15 is 0 Å². The van der Waals surface area contributed by atoms with Gasteiger partial charge in [0.25, 0.3) is 0 Å². The van der Waals surface area contributed by atoms with E-state index in [0.717, 1.165) is 6.07 Å². The van der Waals surface area contributed by atoms with Crippen LogP contribution in [0.4, 0.5) is 0 Å². The molecule has 0 spiro atoms. The number of rotatable bonds is 6. The average molecular weight is 342 g/mol. The molecule has 1 aromatic carbocycles. The zero-order chi connectivity index (χ0) is 15.5. The first-order chi connectivity index (χ1) is 9.22. The molecular weight excluding hydrogens is 329 g/mol. The van der Waals surface area contributed by atoms with Crippen LogP contribution in [-0.4, -0.2) is 32.6 Å². The number of aliphatic carboxylic acids is 1. The zero-order valence-electron chi connectivity index (χ0n) is 10.7. The van der Waals surface area contributed by atoms with Crippen LogP contribution in [-0.2, 0) is 14.8 Å². The molecule has 0 aliphatic heterocycles. The Morgan fingerprint density at radius 3 is 2.45 bits per heavy atom. The van der Waals surface area contributed by atoms with E-state index < -0.39 is 22.0 Å². The largest absolute Gasteiger partial charge is 0.495 e. The predicted octanol–water partition coefficient (Wildman–Crippen LogP) is 2.14. The molecule has 6 nitrogen and oxygen atoms in total. The summed E-state index contributed by atoms with van der Waals surface area (Å²) in [6, 6.07) is 1.12. The van der Waals surface area contributed by atoms with E-state index in [-0.39, 0.29) is 27.1 Å². The zero-order valence-corrected chi connectivity index (χ0v) is 13.0. The quantitative estimate of drug-likeness (QED) is 0.826. The maximum Gasteiger partial charge on any atom is 0.321 e. The smallest absolute Gasteiger partial charge is 0.321 e. The van der Waals surface area contributed by atoms with Crippen molar-refractivity contribution >= 4 is 39.2 Å². The number of sulfonamides is 1. The number of nitrogens with one attached hydrogen (secondary N) is 1. The molecule has 0 bridgehead atoms. The maximum absolute atomic E-state index is 12.1. The Morgan fingerprint density at radius 1 is 1.40 bits per heavy atom. The van der Waals surface area contributed by atoms with Crippen LogP contribution in [0.5, 0.6) is 5.75 Å². The first-order valence-corrected chi connectivity index (χ1v) is 7.75. The molecule has 1 aromatic rings. The third-order valence-electron chi connectivity index (χ3n) is 2.50. The maximum atomic E-state index is 12.1. The van der Waals surface area contributed by atoms with Crippen molar-refractivity contribution in [3.05, 3.63) is 22.2 Å². The monoisotopic (exact) mass is 341 g/mol. The first kappa shape index (κ1) is 17.0. The van der Waals surface area contributed by atoms with Gasteiger partial charge in [-0.2, -0.15) is 4.72 Å². The molecule has 1 rings (SSSR count). The SMILES string of the molecule is CCC(NS(=O)(=O)c1cc(Cl)c(OC)cc1Cl)C(=O)O. The third kappa shape index (κ3) is 3.76. The Balaban J connectivity index is 3.22. The molecule has 0 aliphatic carbocycles. The fraction of sp³-hybridized carbons (Fsp3) is 0.364. The van der Waals surface area contributed by atoms with Gasteiger partial charge in [0.05, 0.1) is 17.2 Å². The van der Waals surface area contributed by atoms with E-state index in [1.807, 2.05) is 0 Å². The number of ether oxygens (including phenoxy) is 1. The molecule has 9 heteroatoms. The number of carboxylic acid groups (broad SMARTS) is 1. The highest BCUT2D eigenvalue weighted by Crippen LogP contribution is 2.33. The highest BCUT2D eigenvalue weighted by atomic mass is 35.5. The Morgan fingerprint density at radius 2 is 2.00 bits per heavy atom. The van der Waals surface area contributed by atoms with Gasteiger partial charge < -0.3 is 9.84 Å². The summed E-state index contributed by atoms with van der Waals surface area (Å²) in [4.78, 5) is 10.6. The highest BCUT2D eigenvalue weighted by molar-refractivity contribution is 7.89. The van der Waals surface area contributed by atoms with Crippen molar-refractivity contribution in [1.29, 1.82) is 0 Å². The van der Waals surface area contributed by atoms with Gasteiger partial charge in [-0.05, 0) is 12.5 Å². The summed E-state index contributed by atoms with van der Waals surface area (Å²) >= 11 is 11.7. The summed E-state index contributed by atoms with van der Waals surface area (Å²) in [6.07, 6.45) is 0.0933. The van der Waals surface area contributed by atoms with Crippen LogP contribution in [0.2, 0.25) is 10.0 Å². The Bertz CT molecular complexity index is 617. The van der Waals surface area contributed by atoms with Gasteiger partial charge in [0.1, 0.15) is 16.7 Å². The Kier molecular flexibility index (Phi) is 5.64. The fourth-order valence-corrected chi connectivity index (χ4v) is 3.55. The van der Waals surface area contributed by atoms with E-state index in [9.17, 15) is 13.2 Å². The standard InChI is InChI=1S/C11H13Cl2NO5S/c1-3-8(11(15)16)14-20(17,18)10-5-6(12)9(19-2)4-7(10)13/h4-5,8,14H,3H2,1-2H3,(H,15,16). The summed E-state index contributed by atoms with van der Waals surface area (Å²) in [5.41, 5.74) is 0. The van der Waals surface area contributed by atoms with E-state index in [1.54, 1.807) is 6.92 Å². The molecule has 0 heterocycles. The third-order valence-corrected chi connectivity index (χ3v) is 4.73. The fourth-order valence-electron chi connectivity index (χ4n) is 1.43. The lowest BCUT2D eigenvalue weighted by atomic mass is 10.2. The van der Waals surface area contributed by atoms with E-state index in [1.165, 1.54) is 13.2 Å². The van der Waals surface area contributed by atoms with Crippen LogP contribution >= 0.6 is 23.2 Å². The summed E-state index contributed by atoms with van der Waals surface area (Å²) in [7, 11) is -2.73. The van der Waals surface area contributed by atoms with Crippen LogP contribution in [0.1, 0.15) is 13.3 Å². The van der Waals surface area contributed by atoms with Gasteiger partial charge in [0.15, 0.2) is 0 Å². The first-order valence-electron chi connectivity index (χ1n) is 5.51. The summed E-state index contributed by atoms with van der Waals surface area (Å²) in [5.74, 6) is -1.05. The lowest BCUT2D eigenvalue weighted by Crippen LogP contribution is -2.40. The van der Waals surface area contributed by atoms with Crippen molar-refractivity contribution in [2.75, 3.05) is 7.11 Å². The van der Waals surface area contributed by atoms with Crippen molar-refractivity contribution in [3.63, 3.8) is 0 Å². The molecule has 0 radical (unpaired) electrons. The number of hydrogen-bond acceptors (Lipinski definition) is 4. The van der Waals surface area contributed by atoms with E-state index in [4.69, 9.17) is 33.0 Å². The molecular formula is C11H13Cl2NO5S. The van der Waals surface area contributed by atoms with Gasteiger partial charge in [0, 0.05) is 6.07 Å². The number of hydrogen-bond donors (Lipinski definition) is 2. The van der Waals surface area contributed by atoms with Crippen molar-refractivity contribution < 1.29 is 23.1 Å². The van der Waals surface area contributed by atoms with Gasteiger partial charge in [-0.1, -0.05) is 30.1 Å². The van der Waals surface area contributed by atoms with Crippen LogP contribution in [0.25, 0.3) is 0 Å². The van der Waals surface area contributed by atoms with Crippen LogP contribution in [0, 0.1) is 0 Å². The summed E-state index contributed by atoms with van der Waals surface area (Å²) in [6.45, 7) is 1.55. The molecule has 1 atom stereocenters. The minimum atomic E-state index is -4.10. The van der Waals surface area contributed by atoms with Gasteiger partial charge in [-0.25, -0.2) is 8.42 Å². The molecule has 20 heavy (non-hydrogen) atoms. The number of carboxylic acids is 1. The number of carbonyl (C=O) groups is 1. The number of halogens is 2. The van der Waals surface area contributed by atoms with Gasteiger partial charge in [-0.3, -0.25) is 4.79 Å². The molecule has 0 aliphatic rings. The molecule has 2 N–H and O–H groups in total. The Hall–Kier alpha value is -1.02. The molecule has 0 saturated carbocycles. The molecule has 112 valence electrons. The van der Waals surface area contributed by atoms with Crippen LogP contribution in [0.3, 0.4) is 0 Å². The van der Waals surface area contributed by atoms with Gasteiger partial charge >= 0.3 is 5.97 Å². The Labute approximate surface area is 126 Å². The molecule has 0 amide bonds. The predicted molar refractivity (Wildman–Crippen MR) is 75.1 cm³/mol. The van der Waals surface area contributed by atoms with Crippen molar-refractivity contribution in [2.45, 2.75) is 24.3 Å². The van der Waals surface area contributed by atoms with Crippen LogP contribution in [0.15, 0.2) is 17.0 Å². The topological polar surface area (TPSA) is 92.7 Å². The normalized spacial score (nSPS) is 13.0. The molecule has 0 aromatic heterocycles. The van der Waals surface area contributed by atoms with E-state index in [2.05, 4.69) is 4.72 Å². The lowest BCUT2D eigenvalue weighted by molar-refractivity contribution is -0.139. The summed E-state index contributed by atoms with van der Waals surface area (Å²) < 4.78 is 31.2. The van der Waals surface area contributed by atoms with E-state index in [0.29, 0.717) is 0 Å². The minimum absolute atomic E-state index is 0.0562. The van der Waals surface area contributed by atoms with Crippen molar-refractivity contribution in [2.24, 2.45) is 0 Å². The number of methoxy groups -OCH3 is 1. The lowest BCUT2D eigenvalue weighted by Gasteiger charge is -2.14. The molecule has 0 saturated heterocycles. The second kappa shape index (κ2) is 6.62. The van der Waals surface area contributed by atoms with Crippen molar-refractivity contribution in [3.8, 4) is 5.75 Å². The highest BCUT2D eigenvalue weighted by Gasteiger charge is 2.26. The van der Waals surface area contributed by atoms with Crippen molar-refractivity contribution in [1.82, 2.24) is 4.72 Å². The van der Waals surface area contributed by atoms with Gasteiger partial charge in [0.2, 0.25) is 10.0 Å². The minimum Gasteiger partial charge on any atom is -0.495 e. The van der Waals surface area contributed by atoms with Crippen LogP contribution < -0.4 is 9.46 Å². The molecule has 1 unspecified atom stereocenters. The average Bonchev–Trinajstić information content (AvgIpc) is 2.37. The second-order valence-corrected chi connectivity index (χ2v) is 6.33. The number of benzene rings is 1. The second-order valence-electron chi connectivity index (χ2n) is 3.84. The van der Waals surface area contributed by atoms with Gasteiger partial charge in [-0.15, -0.1) is 0 Å².